The summed E-state index contributed by atoms with van der Waals surface area (Å²) in [5.74, 6) is 2.73. The van der Waals surface area contributed by atoms with E-state index in [0.717, 1.165) is 24.9 Å². The standard InChI is InChI=1S/C12H19N3O/c1-2-7-13-8-10(4-1)12-15-14-11(16-12)9-5-3-6-9/h9-10,13H,1-8H2. The van der Waals surface area contributed by atoms with Gasteiger partial charge in [0.2, 0.25) is 11.8 Å². The van der Waals surface area contributed by atoms with Gasteiger partial charge in [-0.25, -0.2) is 0 Å². The summed E-state index contributed by atoms with van der Waals surface area (Å²) >= 11 is 0. The Morgan fingerprint density at radius 1 is 0.938 bits per heavy atom. The quantitative estimate of drug-likeness (QED) is 0.831. The summed E-state index contributed by atoms with van der Waals surface area (Å²) < 4.78 is 5.82. The van der Waals surface area contributed by atoms with Gasteiger partial charge < -0.3 is 9.73 Å². The van der Waals surface area contributed by atoms with Crippen molar-refractivity contribution in [3.05, 3.63) is 11.8 Å². The summed E-state index contributed by atoms with van der Waals surface area (Å²) in [7, 11) is 0. The summed E-state index contributed by atoms with van der Waals surface area (Å²) in [6.07, 6.45) is 7.47. The molecule has 88 valence electrons. The van der Waals surface area contributed by atoms with E-state index in [9.17, 15) is 0 Å². The van der Waals surface area contributed by atoms with Crippen molar-refractivity contribution in [2.45, 2.75) is 50.4 Å². The molecule has 2 fully saturated rings. The zero-order valence-corrected chi connectivity index (χ0v) is 9.61. The lowest BCUT2D eigenvalue weighted by Crippen LogP contribution is -2.19. The smallest absolute Gasteiger partial charge is 0.220 e. The minimum absolute atomic E-state index is 0.434. The fourth-order valence-electron chi connectivity index (χ4n) is 2.46. The molecule has 4 heteroatoms. The van der Waals surface area contributed by atoms with E-state index in [4.69, 9.17) is 4.42 Å². The van der Waals surface area contributed by atoms with E-state index < -0.39 is 0 Å². The van der Waals surface area contributed by atoms with Gasteiger partial charge >= 0.3 is 0 Å². The molecule has 16 heavy (non-hydrogen) atoms. The van der Waals surface area contributed by atoms with Crippen LogP contribution in [0.4, 0.5) is 0 Å². The molecule has 4 nitrogen and oxygen atoms in total. The topological polar surface area (TPSA) is 51.0 Å². The number of nitrogens with one attached hydrogen (secondary N) is 1. The predicted octanol–water partition coefficient (Wildman–Crippen LogP) is 2.19. The molecule has 1 aromatic heterocycles. The Bertz CT molecular complexity index is 338. The first-order chi connectivity index (χ1) is 7.93. The second-order valence-corrected chi connectivity index (χ2v) is 5.00. The van der Waals surface area contributed by atoms with Crippen LogP contribution >= 0.6 is 0 Å². The summed E-state index contributed by atoms with van der Waals surface area (Å²) in [6.45, 7) is 2.12. The molecule has 1 aromatic rings. The molecule has 3 rings (SSSR count). The van der Waals surface area contributed by atoms with E-state index in [1.54, 1.807) is 0 Å². The van der Waals surface area contributed by atoms with Crippen molar-refractivity contribution in [3.63, 3.8) is 0 Å². The van der Waals surface area contributed by atoms with E-state index in [-0.39, 0.29) is 0 Å². The van der Waals surface area contributed by atoms with Gasteiger partial charge in [-0.15, -0.1) is 10.2 Å². The third kappa shape index (κ3) is 1.98. The predicted molar refractivity (Wildman–Crippen MR) is 60.4 cm³/mol. The zero-order valence-electron chi connectivity index (χ0n) is 9.61. The average Bonchev–Trinajstić information content (AvgIpc) is 2.52. The molecule has 0 radical (unpaired) electrons. The number of rotatable bonds is 2. The molecule has 1 atom stereocenters. The average molecular weight is 221 g/mol. The first-order valence-corrected chi connectivity index (χ1v) is 6.47. The Hall–Kier alpha value is -0.900. The van der Waals surface area contributed by atoms with Crippen molar-refractivity contribution >= 4 is 0 Å². The minimum Gasteiger partial charge on any atom is -0.425 e. The van der Waals surface area contributed by atoms with Crippen molar-refractivity contribution in [2.75, 3.05) is 13.1 Å². The maximum absolute atomic E-state index is 5.82. The second-order valence-electron chi connectivity index (χ2n) is 5.00. The van der Waals surface area contributed by atoms with Crippen LogP contribution in [-0.2, 0) is 0 Å². The van der Waals surface area contributed by atoms with Crippen molar-refractivity contribution in [3.8, 4) is 0 Å². The van der Waals surface area contributed by atoms with Crippen molar-refractivity contribution < 1.29 is 4.42 Å². The van der Waals surface area contributed by atoms with Gasteiger partial charge in [0.25, 0.3) is 0 Å². The van der Waals surface area contributed by atoms with E-state index in [1.807, 2.05) is 0 Å². The van der Waals surface area contributed by atoms with Crippen molar-refractivity contribution in [2.24, 2.45) is 0 Å². The van der Waals surface area contributed by atoms with Gasteiger partial charge in [0.15, 0.2) is 0 Å². The minimum atomic E-state index is 0.434. The molecule has 1 aliphatic carbocycles. The molecule has 2 heterocycles. The van der Waals surface area contributed by atoms with Crippen LogP contribution in [0.2, 0.25) is 0 Å². The molecule has 0 bridgehead atoms. The monoisotopic (exact) mass is 221 g/mol. The van der Waals surface area contributed by atoms with Crippen LogP contribution in [-0.4, -0.2) is 23.3 Å². The molecule has 1 saturated heterocycles. The van der Waals surface area contributed by atoms with Gasteiger partial charge in [-0.1, -0.05) is 12.8 Å². The third-order valence-electron chi connectivity index (χ3n) is 3.81. The Morgan fingerprint density at radius 2 is 1.69 bits per heavy atom. The van der Waals surface area contributed by atoms with Crippen molar-refractivity contribution in [1.82, 2.24) is 15.5 Å². The van der Waals surface area contributed by atoms with E-state index in [0.29, 0.717) is 11.8 Å². The fraction of sp³-hybridized carbons (Fsp3) is 0.833. The molecular formula is C12H19N3O. The lowest BCUT2D eigenvalue weighted by molar-refractivity contribution is 0.314. The van der Waals surface area contributed by atoms with Crippen LogP contribution in [0.15, 0.2) is 4.42 Å². The van der Waals surface area contributed by atoms with Crippen LogP contribution in [0.1, 0.15) is 62.1 Å². The third-order valence-corrected chi connectivity index (χ3v) is 3.81. The largest absolute Gasteiger partial charge is 0.425 e. The number of hydrogen-bond donors (Lipinski definition) is 1. The lowest BCUT2D eigenvalue weighted by Gasteiger charge is -2.20. The number of nitrogens with zero attached hydrogens (tertiary/aromatic N) is 2. The molecule has 1 N–H and O–H groups in total. The highest BCUT2D eigenvalue weighted by molar-refractivity contribution is 4.99. The molecule has 0 amide bonds. The zero-order chi connectivity index (χ0) is 10.8. The number of hydrogen-bond acceptors (Lipinski definition) is 4. The Balaban J connectivity index is 1.70. The molecule has 2 aliphatic rings. The van der Waals surface area contributed by atoms with E-state index in [2.05, 4.69) is 15.5 Å². The highest BCUT2D eigenvalue weighted by Gasteiger charge is 2.27. The molecule has 1 unspecified atom stereocenters. The Morgan fingerprint density at radius 3 is 2.44 bits per heavy atom. The highest BCUT2D eigenvalue weighted by atomic mass is 16.4. The highest BCUT2D eigenvalue weighted by Crippen LogP contribution is 2.36. The Kier molecular flexibility index (Phi) is 2.91. The van der Waals surface area contributed by atoms with E-state index in [1.165, 1.54) is 38.5 Å². The van der Waals surface area contributed by atoms with Crippen molar-refractivity contribution in [1.29, 1.82) is 0 Å². The summed E-state index contributed by atoms with van der Waals surface area (Å²) in [4.78, 5) is 0. The first-order valence-electron chi connectivity index (χ1n) is 6.47. The van der Waals surface area contributed by atoms with Gasteiger partial charge in [0.05, 0.1) is 0 Å². The van der Waals surface area contributed by atoms with Gasteiger partial charge in [-0.2, -0.15) is 0 Å². The van der Waals surface area contributed by atoms with Crippen LogP contribution in [0.25, 0.3) is 0 Å². The molecular weight excluding hydrogens is 202 g/mol. The van der Waals surface area contributed by atoms with Gasteiger partial charge in [-0.3, -0.25) is 0 Å². The summed E-state index contributed by atoms with van der Waals surface area (Å²) in [6, 6.07) is 0. The fourth-order valence-corrected chi connectivity index (χ4v) is 2.46. The first kappa shape index (κ1) is 10.3. The van der Waals surface area contributed by atoms with Gasteiger partial charge in [0.1, 0.15) is 0 Å². The molecule has 1 saturated carbocycles. The van der Waals surface area contributed by atoms with Crippen LogP contribution in [0.3, 0.4) is 0 Å². The maximum atomic E-state index is 5.82. The normalized spacial score (nSPS) is 27.4. The number of aromatic nitrogens is 2. The molecule has 1 aliphatic heterocycles. The van der Waals surface area contributed by atoms with Crippen LogP contribution in [0, 0.1) is 0 Å². The lowest BCUT2D eigenvalue weighted by atomic mass is 9.85. The Labute approximate surface area is 95.8 Å². The summed E-state index contributed by atoms with van der Waals surface area (Å²) in [5.41, 5.74) is 0. The van der Waals surface area contributed by atoms with Crippen LogP contribution in [0.5, 0.6) is 0 Å². The van der Waals surface area contributed by atoms with E-state index >= 15 is 0 Å². The molecule has 0 aromatic carbocycles. The second kappa shape index (κ2) is 4.53. The van der Waals surface area contributed by atoms with Crippen LogP contribution < -0.4 is 5.32 Å². The maximum Gasteiger partial charge on any atom is 0.220 e. The SMILES string of the molecule is C1CCC(c2nnc(C3CCC3)o2)CNC1. The molecule has 0 spiro atoms. The van der Waals surface area contributed by atoms with Gasteiger partial charge in [-0.05, 0) is 32.2 Å². The van der Waals surface area contributed by atoms with Gasteiger partial charge in [0, 0.05) is 18.4 Å². The summed E-state index contributed by atoms with van der Waals surface area (Å²) in [5, 5.41) is 11.9.